The first-order valence-corrected chi connectivity index (χ1v) is 7.69. The van der Waals surface area contributed by atoms with Crippen molar-refractivity contribution in [1.82, 2.24) is 0 Å². The van der Waals surface area contributed by atoms with Crippen molar-refractivity contribution in [2.24, 2.45) is 17.8 Å². The number of carbonyl (C=O) groups excluding carboxylic acids is 1. The lowest BCUT2D eigenvalue weighted by molar-refractivity contribution is -0.384. The maximum Gasteiger partial charge on any atom is 0.271 e. The summed E-state index contributed by atoms with van der Waals surface area (Å²) in [7, 11) is 1.48. The van der Waals surface area contributed by atoms with Gasteiger partial charge >= 0.3 is 0 Å². The summed E-state index contributed by atoms with van der Waals surface area (Å²) in [5, 5.41) is 13.6. The van der Waals surface area contributed by atoms with Crippen molar-refractivity contribution >= 4 is 17.3 Å². The average Bonchev–Trinajstić information content (AvgIpc) is 3.09. The number of benzene rings is 1. The van der Waals surface area contributed by atoms with E-state index in [0.29, 0.717) is 29.7 Å². The molecule has 0 saturated heterocycles. The maximum atomic E-state index is 12.3. The van der Waals surface area contributed by atoms with Crippen LogP contribution in [-0.2, 0) is 4.79 Å². The van der Waals surface area contributed by atoms with Crippen LogP contribution >= 0.6 is 0 Å². The van der Waals surface area contributed by atoms with Crippen LogP contribution in [0, 0.1) is 27.9 Å². The molecule has 0 spiro atoms. The Hall–Kier alpha value is -2.11. The number of nitrogens with one attached hydrogen (secondary N) is 1. The van der Waals surface area contributed by atoms with Gasteiger partial charge in [0.15, 0.2) is 0 Å². The average molecular weight is 304 g/mol. The number of carbonyl (C=O) groups is 1. The fourth-order valence-corrected chi connectivity index (χ4v) is 3.97. The van der Waals surface area contributed by atoms with Crippen molar-refractivity contribution in [3.63, 3.8) is 0 Å². The summed E-state index contributed by atoms with van der Waals surface area (Å²) in [6, 6.07) is 4.22. The van der Waals surface area contributed by atoms with Gasteiger partial charge in [0.25, 0.3) is 5.69 Å². The third-order valence-electron chi connectivity index (χ3n) is 5.00. The summed E-state index contributed by atoms with van der Waals surface area (Å²) < 4.78 is 5.16. The van der Waals surface area contributed by atoms with E-state index in [4.69, 9.17) is 4.74 Å². The zero-order valence-corrected chi connectivity index (χ0v) is 12.6. The summed E-state index contributed by atoms with van der Waals surface area (Å²) in [6.07, 6.45) is 5.44. The molecule has 0 aliphatic heterocycles. The highest BCUT2D eigenvalue weighted by Gasteiger charge is 2.40. The molecule has 0 radical (unpaired) electrons. The van der Waals surface area contributed by atoms with Gasteiger partial charge in [-0.15, -0.1) is 0 Å². The summed E-state index contributed by atoms with van der Waals surface area (Å²) in [6.45, 7) is 0. The van der Waals surface area contributed by atoms with Gasteiger partial charge in [-0.2, -0.15) is 0 Å². The van der Waals surface area contributed by atoms with E-state index >= 15 is 0 Å². The van der Waals surface area contributed by atoms with Crippen LogP contribution in [0.2, 0.25) is 0 Å². The van der Waals surface area contributed by atoms with E-state index in [1.54, 1.807) is 0 Å². The molecule has 1 aromatic rings. The summed E-state index contributed by atoms with van der Waals surface area (Å²) in [5.41, 5.74) is 0.306. The number of rotatable bonds is 5. The van der Waals surface area contributed by atoms with E-state index in [-0.39, 0.29) is 11.6 Å². The molecule has 0 aromatic heterocycles. The Morgan fingerprint density at radius 2 is 2.23 bits per heavy atom. The Balaban J connectivity index is 1.67. The van der Waals surface area contributed by atoms with Gasteiger partial charge in [0.05, 0.1) is 17.7 Å². The lowest BCUT2D eigenvalue weighted by Gasteiger charge is -2.21. The van der Waals surface area contributed by atoms with E-state index in [1.165, 1.54) is 44.6 Å². The molecule has 3 unspecified atom stereocenters. The number of anilines is 1. The fourth-order valence-electron chi connectivity index (χ4n) is 3.97. The molecule has 2 saturated carbocycles. The minimum Gasteiger partial charge on any atom is -0.495 e. The molecule has 3 atom stereocenters. The van der Waals surface area contributed by atoms with Gasteiger partial charge in [0.1, 0.15) is 5.75 Å². The smallest absolute Gasteiger partial charge is 0.271 e. The molecular weight excluding hydrogens is 284 g/mol. The fraction of sp³-hybridized carbons (Fsp3) is 0.562. The maximum absolute atomic E-state index is 12.3. The number of methoxy groups -OCH3 is 1. The number of amides is 1. The van der Waals surface area contributed by atoms with Crippen LogP contribution in [0.4, 0.5) is 11.4 Å². The number of non-ortho nitro benzene ring substituents is 1. The van der Waals surface area contributed by atoms with Crippen molar-refractivity contribution in [1.29, 1.82) is 0 Å². The minimum absolute atomic E-state index is 0.0592. The molecule has 0 heterocycles. The van der Waals surface area contributed by atoms with Crippen LogP contribution in [0.3, 0.4) is 0 Å². The largest absolute Gasteiger partial charge is 0.495 e. The predicted octanol–water partition coefficient (Wildman–Crippen LogP) is 3.37. The highest BCUT2D eigenvalue weighted by atomic mass is 16.6. The first-order chi connectivity index (χ1) is 10.6. The highest BCUT2D eigenvalue weighted by molar-refractivity contribution is 5.92. The SMILES string of the molecule is COc1ccc([N+](=O)[O-])cc1NC(=O)CC1CC2CCC1C2. The van der Waals surface area contributed by atoms with Crippen LogP contribution < -0.4 is 10.1 Å². The highest BCUT2D eigenvalue weighted by Crippen LogP contribution is 2.49. The second kappa shape index (κ2) is 5.94. The molecule has 3 rings (SSSR count). The number of nitro groups is 1. The molecular formula is C16H20N2O4. The third kappa shape index (κ3) is 2.91. The molecule has 6 nitrogen and oxygen atoms in total. The molecule has 2 aliphatic rings. The number of nitrogens with zero attached hydrogens (tertiary/aromatic N) is 1. The second-order valence-corrected chi connectivity index (χ2v) is 6.33. The van der Waals surface area contributed by atoms with Crippen LogP contribution in [-0.4, -0.2) is 17.9 Å². The van der Waals surface area contributed by atoms with E-state index in [2.05, 4.69) is 5.32 Å². The molecule has 22 heavy (non-hydrogen) atoms. The summed E-state index contributed by atoms with van der Waals surface area (Å²) in [4.78, 5) is 22.6. The van der Waals surface area contributed by atoms with E-state index in [1.807, 2.05) is 0 Å². The number of nitro benzene ring substituents is 1. The van der Waals surface area contributed by atoms with Crippen LogP contribution in [0.15, 0.2) is 18.2 Å². The van der Waals surface area contributed by atoms with Gasteiger partial charge in [-0.25, -0.2) is 0 Å². The normalized spacial score (nSPS) is 26.0. The molecule has 118 valence electrons. The summed E-state index contributed by atoms with van der Waals surface area (Å²) in [5.74, 6) is 2.30. The predicted molar refractivity (Wildman–Crippen MR) is 81.8 cm³/mol. The van der Waals surface area contributed by atoms with Gasteiger partial charge in [0, 0.05) is 18.6 Å². The molecule has 2 aliphatic carbocycles. The van der Waals surface area contributed by atoms with Crippen molar-refractivity contribution in [3.8, 4) is 5.75 Å². The van der Waals surface area contributed by atoms with Gasteiger partial charge in [-0.05, 0) is 43.1 Å². The Labute approximate surface area is 129 Å². The molecule has 6 heteroatoms. The lowest BCUT2D eigenvalue weighted by atomic mass is 9.86. The van der Waals surface area contributed by atoms with E-state index < -0.39 is 4.92 Å². The number of fused-ring (bicyclic) bond motifs is 2. The Bertz CT molecular complexity index is 602. The molecule has 1 N–H and O–H groups in total. The zero-order valence-electron chi connectivity index (χ0n) is 12.6. The first kappa shape index (κ1) is 14.8. The van der Waals surface area contributed by atoms with Crippen molar-refractivity contribution in [2.75, 3.05) is 12.4 Å². The monoisotopic (exact) mass is 304 g/mol. The van der Waals surface area contributed by atoms with Gasteiger partial charge in [0.2, 0.25) is 5.91 Å². The van der Waals surface area contributed by atoms with Crippen molar-refractivity contribution < 1.29 is 14.5 Å². The molecule has 1 amide bonds. The summed E-state index contributed by atoms with van der Waals surface area (Å²) >= 11 is 0. The second-order valence-electron chi connectivity index (χ2n) is 6.33. The Kier molecular flexibility index (Phi) is 4.00. The zero-order chi connectivity index (χ0) is 15.7. The quantitative estimate of drug-likeness (QED) is 0.668. The Morgan fingerprint density at radius 1 is 1.41 bits per heavy atom. The van der Waals surface area contributed by atoms with Crippen LogP contribution in [0.1, 0.15) is 32.1 Å². The topological polar surface area (TPSA) is 81.5 Å². The number of hydrogen-bond donors (Lipinski definition) is 1. The number of hydrogen-bond acceptors (Lipinski definition) is 4. The molecule has 1 aromatic carbocycles. The lowest BCUT2D eigenvalue weighted by Crippen LogP contribution is -2.20. The van der Waals surface area contributed by atoms with Gasteiger partial charge < -0.3 is 10.1 Å². The first-order valence-electron chi connectivity index (χ1n) is 7.69. The molecule has 2 fully saturated rings. The van der Waals surface area contributed by atoms with Crippen molar-refractivity contribution in [2.45, 2.75) is 32.1 Å². The van der Waals surface area contributed by atoms with Crippen LogP contribution in [0.5, 0.6) is 5.75 Å². The van der Waals surface area contributed by atoms with E-state index in [9.17, 15) is 14.9 Å². The number of ether oxygens (including phenoxy) is 1. The molecule has 2 bridgehead atoms. The standard InChI is InChI=1S/C16H20N2O4/c1-22-15-5-4-13(18(20)21)9-14(15)17-16(19)8-12-7-10-2-3-11(12)6-10/h4-5,9-12H,2-3,6-8H2,1H3,(H,17,19). The van der Waals surface area contributed by atoms with Crippen molar-refractivity contribution in [3.05, 3.63) is 28.3 Å². The van der Waals surface area contributed by atoms with Crippen LogP contribution in [0.25, 0.3) is 0 Å². The van der Waals surface area contributed by atoms with E-state index in [0.717, 1.165) is 12.3 Å². The van der Waals surface area contributed by atoms with Gasteiger partial charge in [-0.3, -0.25) is 14.9 Å². The third-order valence-corrected chi connectivity index (χ3v) is 5.00. The van der Waals surface area contributed by atoms with Gasteiger partial charge in [-0.1, -0.05) is 6.42 Å². The minimum atomic E-state index is -0.481. The Morgan fingerprint density at radius 3 is 2.82 bits per heavy atom.